The van der Waals surface area contributed by atoms with Gasteiger partial charge in [0.15, 0.2) is 0 Å². The first kappa shape index (κ1) is 24.5. The number of benzene rings is 2. The highest BCUT2D eigenvalue weighted by Crippen LogP contribution is 2.42. The summed E-state index contributed by atoms with van der Waals surface area (Å²) in [6.07, 6.45) is 2.50. The Bertz CT molecular complexity index is 1270. The number of ether oxygens (including phenoxy) is 2. The number of aryl methyl sites for hydroxylation is 1. The number of aromatic nitrogens is 1. The zero-order chi connectivity index (χ0) is 25.1. The Hall–Kier alpha value is -3.58. The number of Topliss-reactive ketones (excluding diaryl/α,β-unsaturated/α-hetero) is 1. The van der Waals surface area contributed by atoms with E-state index in [9.17, 15) is 14.7 Å². The molecule has 1 atom stereocenters. The SMILES string of the molecule is COCCCN1C(=O)C(=O)/C(=C(/O)c2cccc(OCC(C)C)c2)C1c1cn(C)c2ccccc12. The van der Waals surface area contributed by atoms with Gasteiger partial charge >= 0.3 is 0 Å². The van der Waals surface area contributed by atoms with Crippen molar-refractivity contribution in [3.05, 3.63) is 71.4 Å². The fourth-order valence-corrected chi connectivity index (χ4v) is 4.56. The zero-order valence-corrected chi connectivity index (χ0v) is 20.7. The number of hydrogen-bond donors (Lipinski definition) is 1. The van der Waals surface area contributed by atoms with Gasteiger partial charge in [0.05, 0.1) is 18.2 Å². The number of fused-ring (bicyclic) bond motifs is 1. The highest BCUT2D eigenvalue weighted by Gasteiger charge is 2.46. The van der Waals surface area contributed by atoms with Gasteiger partial charge in [-0.3, -0.25) is 9.59 Å². The standard InChI is InChI=1S/C28H32N2O5/c1-18(2)17-35-20-10-7-9-19(15-20)26(31)24-25(30(13-8-14-34-4)28(33)27(24)32)22-16-29(3)23-12-6-5-11-21(22)23/h5-7,9-12,15-16,18,25,31H,8,13-14,17H2,1-4H3/b26-24+. The number of nitrogens with zero attached hydrogens (tertiary/aromatic N) is 2. The smallest absolute Gasteiger partial charge is 0.295 e. The van der Waals surface area contributed by atoms with Crippen LogP contribution in [0.25, 0.3) is 16.7 Å². The van der Waals surface area contributed by atoms with Crippen LogP contribution in [0.5, 0.6) is 5.75 Å². The monoisotopic (exact) mass is 476 g/mol. The predicted octanol–water partition coefficient (Wildman–Crippen LogP) is 4.67. The van der Waals surface area contributed by atoms with Gasteiger partial charge in [-0.2, -0.15) is 0 Å². The van der Waals surface area contributed by atoms with E-state index >= 15 is 0 Å². The van der Waals surface area contributed by atoms with Crippen LogP contribution in [0, 0.1) is 5.92 Å². The number of likely N-dealkylation sites (tertiary alicyclic amines) is 1. The van der Waals surface area contributed by atoms with Gasteiger partial charge in [0.2, 0.25) is 0 Å². The molecule has 3 aromatic rings. The van der Waals surface area contributed by atoms with Crippen molar-refractivity contribution in [1.29, 1.82) is 0 Å². The lowest BCUT2D eigenvalue weighted by Crippen LogP contribution is -2.31. The fraction of sp³-hybridized carbons (Fsp3) is 0.357. The predicted molar refractivity (Wildman–Crippen MR) is 135 cm³/mol. The highest BCUT2D eigenvalue weighted by molar-refractivity contribution is 6.46. The summed E-state index contributed by atoms with van der Waals surface area (Å²) in [5, 5.41) is 12.3. The van der Waals surface area contributed by atoms with Crippen LogP contribution in [0.15, 0.2) is 60.3 Å². The van der Waals surface area contributed by atoms with E-state index in [4.69, 9.17) is 9.47 Å². The van der Waals surface area contributed by atoms with Crippen molar-refractivity contribution in [3.63, 3.8) is 0 Å². The Morgan fingerprint density at radius 2 is 1.89 bits per heavy atom. The van der Waals surface area contributed by atoms with Crippen LogP contribution in [0.2, 0.25) is 0 Å². The lowest BCUT2D eigenvalue weighted by molar-refractivity contribution is -0.140. The van der Waals surface area contributed by atoms with Crippen molar-refractivity contribution in [2.75, 3.05) is 26.9 Å². The van der Waals surface area contributed by atoms with E-state index in [-0.39, 0.29) is 11.3 Å². The number of aliphatic hydroxyl groups is 1. The molecule has 2 heterocycles. The molecule has 1 aliphatic heterocycles. The summed E-state index contributed by atoms with van der Waals surface area (Å²) >= 11 is 0. The maximum atomic E-state index is 13.3. The molecule has 0 radical (unpaired) electrons. The van der Waals surface area contributed by atoms with Crippen molar-refractivity contribution >= 4 is 28.4 Å². The normalized spacial score (nSPS) is 17.6. The van der Waals surface area contributed by atoms with Gasteiger partial charge in [0.25, 0.3) is 11.7 Å². The number of carbonyl (C=O) groups is 2. The topological polar surface area (TPSA) is 81.0 Å². The number of hydrogen-bond acceptors (Lipinski definition) is 5. The summed E-state index contributed by atoms with van der Waals surface area (Å²) < 4.78 is 13.0. The van der Waals surface area contributed by atoms with Crippen LogP contribution in [-0.2, 0) is 21.4 Å². The summed E-state index contributed by atoms with van der Waals surface area (Å²) in [5.41, 5.74) is 2.30. The molecule has 1 unspecified atom stereocenters. The maximum Gasteiger partial charge on any atom is 0.295 e. The van der Waals surface area contributed by atoms with E-state index in [1.54, 1.807) is 30.2 Å². The molecule has 0 bridgehead atoms. The Morgan fingerprint density at radius 3 is 2.63 bits per heavy atom. The van der Waals surface area contributed by atoms with E-state index in [1.165, 1.54) is 0 Å². The third kappa shape index (κ3) is 4.82. The molecule has 1 amide bonds. The van der Waals surface area contributed by atoms with Crippen LogP contribution in [0.4, 0.5) is 0 Å². The Morgan fingerprint density at radius 1 is 1.11 bits per heavy atom. The number of rotatable bonds is 9. The molecular weight excluding hydrogens is 444 g/mol. The molecule has 1 N–H and O–H groups in total. The summed E-state index contributed by atoms with van der Waals surface area (Å²) in [4.78, 5) is 28.0. The van der Waals surface area contributed by atoms with E-state index in [1.807, 2.05) is 48.1 Å². The van der Waals surface area contributed by atoms with Crippen LogP contribution < -0.4 is 4.74 Å². The average molecular weight is 477 g/mol. The minimum Gasteiger partial charge on any atom is -0.507 e. The van der Waals surface area contributed by atoms with Crippen molar-refractivity contribution in [2.45, 2.75) is 26.3 Å². The second-order valence-corrected chi connectivity index (χ2v) is 9.28. The van der Waals surface area contributed by atoms with Gasteiger partial charge in [0, 0.05) is 55.5 Å². The fourth-order valence-electron chi connectivity index (χ4n) is 4.56. The third-order valence-corrected chi connectivity index (χ3v) is 6.20. The quantitative estimate of drug-likeness (QED) is 0.210. The van der Waals surface area contributed by atoms with Crippen molar-refractivity contribution < 1.29 is 24.2 Å². The second-order valence-electron chi connectivity index (χ2n) is 9.28. The Balaban J connectivity index is 1.85. The van der Waals surface area contributed by atoms with E-state index in [2.05, 4.69) is 13.8 Å². The van der Waals surface area contributed by atoms with E-state index in [0.29, 0.717) is 43.4 Å². The zero-order valence-electron chi connectivity index (χ0n) is 20.7. The number of amides is 1. The number of carbonyl (C=O) groups excluding carboxylic acids is 2. The molecule has 1 fully saturated rings. The lowest BCUT2D eigenvalue weighted by atomic mass is 9.95. The molecule has 7 heteroatoms. The molecule has 0 spiro atoms. The molecule has 0 aliphatic carbocycles. The van der Waals surface area contributed by atoms with Gasteiger partial charge < -0.3 is 24.0 Å². The van der Waals surface area contributed by atoms with Crippen molar-refractivity contribution in [2.24, 2.45) is 13.0 Å². The number of aliphatic hydroxyl groups excluding tert-OH is 1. The van der Waals surface area contributed by atoms with Crippen LogP contribution >= 0.6 is 0 Å². The summed E-state index contributed by atoms with van der Waals surface area (Å²) in [6, 6.07) is 14.1. The Labute approximate surface area is 205 Å². The first-order valence-electron chi connectivity index (χ1n) is 11.9. The van der Waals surface area contributed by atoms with E-state index in [0.717, 1.165) is 16.5 Å². The Kier molecular flexibility index (Phi) is 7.26. The molecule has 1 saturated heterocycles. The van der Waals surface area contributed by atoms with Crippen molar-refractivity contribution in [1.82, 2.24) is 9.47 Å². The lowest BCUT2D eigenvalue weighted by Gasteiger charge is -2.25. The summed E-state index contributed by atoms with van der Waals surface area (Å²) in [5.74, 6) is -0.570. The van der Waals surface area contributed by atoms with Gasteiger partial charge in [0.1, 0.15) is 11.5 Å². The number of ketones is 1. The largest absolute Gasteiger partial charge is 0.507 e. The van der Waals surface area contributed by atoms with Gasteiger partial charge in [-0.05, 0) is 30.5 Å². The van der Waals surface area contributed by atoms with Gasteiger partial charge in [-0.15, -0.1) is 0 Å². The maximum absolute atomic E-state index is 13.3. The molecule has 4 rings (SSSR count). The average Bonchev–Trinajstić information content (AvgIpc) is 3.31. The molecule has 1 aliphatic rings. The molecular formula is C28H32N2O5. The minimum absolute atomic E-state index is 0.0878. The van der Waals surface area contributed by atoms with E-state index < -0.39 is 17.7 Å². The number of methoxy groups -OCH3 is 1. The molecule has 2 aromatic carbocycles. The first-order valence-corrected chi connectivity index (χ1v) is 11.9. The van der Waals surface area contributed by atoms with Crippen LogP contribution in [0.3, 0.4) is 0 Å². The second kappa shape index (κ2) is 10.4. The van der Waals surface area contributed by atoms with Crippen LogP contribution in [0.1, 0.15) is 37.4 Å². The highest BCUT2D eigenvalue weighted by atomic mass is 16.5. The third-order valence-electron chi connectivity index (χ3n) is 6.20. The molecule has 35 heavy (non-hydrogen) atoms. The van der Waals surface area contributed by atoms with Crippen molar-refractivity contribution in [3.8, 4) is 5.75 Å². The van der Waals surface area contributed by atoms with Gasteiger partial charge in [-0.25, -0.2) is 0 Å². The molecule has 1 aromatic heterocycles. The van der Waals surface area contributed by atoms with Crippen LogP contribution in [-0.4, -0.2) is 53.1 Å². The molecule has 0 saturated carbocycles. The minimum atomic E-state index is -0.710. The summed E-state index contributed by atoms with van der Waals surface area (Å²) in [7, 11) is 3.53. The molecule has 184 valence electrons. The number of para-hydroxylation sites is 1. The molecule has 7 nitrogen and oxygen atoms in total. The summed E-state index contributed by atoms with van der Waals surface area (Å²) in [6.45, 7) is 5.43. The van der Waals surface area contributed by atoms with Gasteiger partial charge in [-0.1, -0.05) is 44.2 Å². The first-order chi connectivity index (χ1) is 16.8.